The van der Waals surface area contributed by atoms with Gasteiger partial charge in [0.1, 0.15) is 0 Å². The Morgan fingerprint density at radius 1 is 1.14 bits per heavy atom. The van der Waals surface area contributed by atoms with E-state index in [1.165, 1.54) is 10.5 Å². The third kappa shape index (κ3) is 2.40. The lowest BCUT2D eigenvalue weighted by Gasteiger charge is -2.14. The number of hydrogen-bond acceptors (Lipinski definition) is 4. The van der Waals surface area contributed by atoms with Crippen LogP contribution in [0.2, 0.25) is 0 Å². The molecule has 0 bridgehead atoms. The first-order valence-corrected chi connectivity index (χ1v) is 7.83. The first kappa shape index (κ1) is 12.5. The zero-order chi connectivity index (χ0) is 14.1. The van der Waals surface area contributed by atoms with Crippen molar-refractivity contribution in [2.24, 2.45) is 0 Å². The molecule has 1 aromatic carbocycles. The standard InChI is InChI=1S/C16H14N4S/c1-2-5-15-13(4-1)14(11-21-15)19-12-6-7-16(17-10-12)20-9-3-8-18-20/h1-10,14,19H,11H2. The van der Waals surface area contributed by atoms with Crippen molar-refractivity contribution in [1.82, 2.24) is 14.8 Å². The van der Waals surface area contributed by atoms with Crippen LogP contribution >= 0.6 is 11.8 Å². The van der Waals surface area contributed by atoms with E-state index in [0.29, 0.717) is 6.04 Å². The van der Waals surface area contributed by atoms with Crippen LogP contribution in [0, 0.1) is 0 Å². The molecule has 1 atom stereocenters. The third-order valence-corrected chi connectivity index (χ3v) is 4.71. The lowest BCUT2D eigenvalue weighted by atomic mass is 10.1. The number of nitrogens with zero attached hydrogens (tertiary/aromatic N) is 3. The van der Waals surface area contributed by atoms with Crippen molar-refractivity contribution in [3.8, 4) is 5.82 Å². The molecule has 104 valence electrons. The second-order valence-corrected chi connectivity index (χ2v) is 5.96. The van der Waals surface area contributed by atoms with Crippen LogP contribution in [0.3, 0.4) is 0 Å². The highest BCUT2D eigenvalue weighted by Crippen LogP contribution is 2.39. The van der Waals surface area contributed by atoms with E-state index in [0.717, 1.165) is 17.3 Å². The highest BCUT2D eigenvalue weighted by Gasteiger charge is 2.22. The van der Waals surface area contributed by atoms with Crippen molar-refractivity contribution >= 4 is 17.4 Å². The molecule has 2 aromatic heterocycles. The number of anilines is 1. The molecule has 3 heterocycles. The molecule has 0 saturated heterocycles. The maximum absolute atomic E-state index is 4.45. The average Bonchev–Trinajstić information content (AvgIpc) is 3.19. The maximum Gasteiger partial charge on any atom is 0.153 e. The number of pyridine rings is 1. The molecular weight excluding hydrogens is 280 g/mol. The minimum atomic E-state index is 0.351. The Kier molecular flexibility index (Phi) is 3.12. The molecule has 5 heteroatoms. The van der Waals surface area contributed by atoms with Gasteiger partial charge in [-0.1, -0.05) is 18.2 Å². The van der Waals surface area contributed by atoms with Gasteiger partial charge in [0, 0.05) is 23.0 Å². The molecule has 0 amide bonds. The van der Waals surface area contributed by atoms with Crippen LogP contribution in [0.1, 0.15) is 11.6 Å². The fourth-order valence-corrected chi connectivity index (χ4v) is 3.66. The highest BCUT2D eigenvalue weighted by atomic mass is 32.2. The highest BCUT2D eigenvalue weighted by molar-refractivity contribution is 7.99. The Morgan fingerprint density at radius 3 is 2.90 bits per heavy atom. The molecule has 1 unspecified atom stereocenters. The molecule has 3 aromatic rings. The van der Waals surface area contributed by atoms with Gasteiger partial charge < -0.3 is 5.32 Å². The lowest BCUT2D eigenvalue weighted by molar-refractivity contribution is 0.844. The topological polar surface area (TPSA) is 42.7 Å². The van der Waals surface area contributed by atoms with E-state index in [2.05, 4.69) is 45.7 Å². The second kappa shape index (κ2) is 5.26. The van der Waals surface area contributed by atoms with Gasteiger partial charge in [0.05, 0.1) is 17.9 Å². The molecule has 21 heavy (non-hydrogen) atoms. The van der Waals surface area contributed by atoms with E-state index in [-0.39, 0.29) is 0 Å². The summed E-state index contributed by atoms with van der Waals surface area (Å²) in [5.74, 6) is 1.88. The van der Waals surface area contributed by atoms with Crippen LogP contribution in [0.5, 0.6) is 0 Å². The summed E-state index contributed by atoms with van der Waals surface area (Å²) in [6, 6.07) is 14.8. The van der Waals surface area contributed by atoms with Crippen LogP contribution in [-0.2, 0) is 0 Å². The molecule has 0 radical (unpaired) electrons. The summed E-state index contributed by atoms with van der Waals surface area (Å²) in [6.07, 6.45) is 5.50. The van der Waals surface area contributed by atoms with Crippen LogP contribution in [0.25, 0.3) is 5.82 Å². The predicted molar refractivity (Wildman–Crippen MR) is 84.9 cm³/mol. The van der Waals surface area contributed by atoms with Gasteiger partial charge in [-0.25, -0.2) is 9.67 Å². The van der Waals surface area contributed by atoms with Gasteiger partial charge >= 0.3 is 0 Å². The van der Waals surface area contributed by atoms with Crippen molar-refractivity contribution in [1.29, 1.82) is 0 Å². The third-order valence-electron chi connectivity index (χ3n) is 3.53. The quantitative estimate of drug-likeness (QED) is 0.802. The largest absolute Gasteiger partial charge is 0.376 e. The molecule has 1 aliphatic heterocycles. The average molecular weight is 294 g/mol. The molecule has 0 saturated carbocycles. The van der Waals surface area contributed by atoms with Crippen LogP contribution < -0.4 is 5.32 Å². The van der Waals surface area contributed by atoms with E-state index < -0.39 is 0 Å². The molecule has 4 nitrogen and oxygen atoms in total. The van der Waals surface area contributed by atoms with Gasteiger partial charge in [0.25, 0.3) is 0 Å². The summed E-state index contributed by atoms with van der Waals surface area (Å²) in [5, 5.41) is 7.74. The van der Waals surface area contributed by atoms with Crippen molar-refractivity contribution < 1.29 is 0 Å². The smallest absolute Gasteiger partial charge is 0.153 e. The second-order valence-electron chi connectivity index (χ2n) is 4.90. The summed E-state index contributed by atoms with van der Waals surface area (Å²) in [4.78, 5) is 5.82. The molecule has 0 aliphatic carbocycles. The SMILES string of the molecule is c1ccc2c(c1)SCC2Nc1ccc(-n2cccn2)nc1. The molecule has 0 fully saturated rings. The van der Waals surface area contributed by atoms with Gasteiger partial charge in [0.15, 0.2) is 5.82 Å². The number of rotatable bonds is 3. The molecule has 1 N–H and O–H groups in total. The van der Waals surface area contributed by atoms with Crippen LogP contribution in [0.15, 0.2) is 66.0 Å². The zero-order valence-electron chi connectivity index (χ0n) is 11.3. The van der Waals surface area contributed by atoms with Crippen molar-refractivity contribution in [3.05, 3.63) is 66.6 Å². The van der Waals surface area contributed by atoms with Crippen LogP contribution in [0.4, 0.5) is 5.69 Å². The van der Waals surface area contributed by atoms with Crippen molar-refractivity contribution in [2.45, 2.75) is 10.9 Å². The van der Waals surface area contributed by atoms with Gasteiger partial charge in [0.2, 0.25) is 0 Å². The Labute approximate surface area is 127 Å². The lowest BCUT2D eigenvalue weighted by Crippen LogP contribution is -2.10. The summed E-state index contributed by atoms with van der Waals surface area (Å²) in [6.45, 7) is 0. The Morgan fingerprint density at radius 2 is 2.10 bits per heavy atom. The predicted octanol–water partition coefficient (Wildman–Crippen LogP) is 3.53. The number of thioether (sulfide) groups is 1. The minimum Gasteiger partial charge on any atom is -0.376 e. The molecule has 0 spiro atoms. The summed E-state index contributed by atoms with van der Waals surface area (Å²) >= 11 is 1.90. The monoisotopic (exact) mass is 294 g/mol. The summed E-state index contributed by atoms with van der Waals surface area (Å²) in [7, 11) is 0. The van der Waals surface area contributed by atoms with Crippen LogP contribution in [-0.4, -0.2) is 20.5 Å². The van der Waals surface area contributed by atoms with E-state index in [1.54, 1.807) is 10.9 Å². The van der Waals surface area contributed by atoms with Crippen molar-refractivity contribution in [3.63, 3.8) is 0 Å². The first-order chi connectivity index (χ1) is 10.4. The number of hydrogen-bond donors (Lipinski definition) is 1. The van der Waals surface area contributed by atoms with Gasteiger partial charge in [-0.2, -0.15) is 5.10 Å². The Bertz CT molecular complexity index is 737. The van der Waals surface area contributed by atoms with Gasteiger partial charge in [-0.3, -0.25) is 0 Å². The van der Waals surface area contributed by atoms with Gasteiger partial charge in [-0.05, 0) is 29.8 Å². The number of fused-ring (bicyclic) bond motifs is 1. The normalized spacial score (nSPS) is 16.7. The Hall–Kier alpha value is -2.27. The fraction of sp³-hybridized carbons (Fsp3) is 0.125. The van der Waals surface area contributed by atoms with E-state index in [9.17, 15) is 0 Å². The zero-order valence-corrected chi connectivity index (χ0v) is 12.1. The summed E-state index contributed by atoms with van der Waals surface area (Å²) < 4.78 is 1.75. The number of aromatic nitrogens is 3. The molecule has 4 rings (SSSR count). The van der Waals surface area contributed by atoms with E-state index in [4.69, 9.17) is 0 Å². The fourth-order valence-electron chi connectivity index (χ4n) is 2.49. The summed E-state index contributed by atoms with van der Waals surface area (Å²) in [5.41, 5.74) is 2.41. The van der Waals surface area contributed by atoms with E-state index in [1.807, 2.05) is 36.3 Å². The first-order valence-electron chi connectivity index (χ1n) is 6.84. The molecular formula is C16H14N4S. The van der Waals surface area contributed by atoms with Gasteiger partial charge in [-0.15, -0.1) is 11.8 Å². The molecule has 1 aliphatic rings. The maximum atomic E-state index is 4.45. The van der Waals surface area contributed by atoms with Crippen molar-refractivity contribution in [2.75, 3.05) is 11.1 Å². The number of benzene rings is 1. The Balaban J connectivity index is 1.53. The van der Waals surface area contributed by atoms with E-state index >= 15 is 0 Å². The number of nitrogens with one attached hydrogen (secondary N) is 1. The minimum absolute atomic E-state index is 0.351.